The molecule has 124 valence electrons. The van der Waals surface area contributed by atoms with E-state index in [2.05, 4.69) is 9.71 Å². The van der Waals surface area contributed by atoms with Gasteiger partial charge in [-0.3, -0.25) is 9.78 Å². The molecule has 3 rings (SSSR count). The van der Waals surface area contributed by atoms with Gasteiger partial charge in [-0.25, -0.2) is 17.9 Å². The van der Waals surface area contributed by atoms with Crippen LogP contribution in [0.1, 0.15) is 19.3 Å². The summed E-state index contributed by atoms with van der Waals surface area (Å²) in [6.45, 7) is 1.53. The second-order valence-electron chi connectivity index (χ2n) is 5.41. The first-order chi connectivity index (χ1) is 11.0. The molecule has 9 heteroatoms. The predicted octanol–water partition coefficient (Wildman–Crippen LogP) is 0.412. The molecule has 0 radical (unpaired) electrons. The zero-order valence-electron chi connectivity index (χ0n) is 12.4. The summed E-state index contributed by atoms with van der Waals surface area (Å²) in [6.07, 6.45) is 1.99. The Balaban J connectivity index is 1.61. The van der Waals surface area contributed by atoms with Crippen LogP contribution in [0.25, 0.3) is 11.1 Å². The van der Waals surface area contributed by atoms with Crippen molar-refractivity contribution in [1.29, 1.82) is 0 Å². The molecule has 1 aliphatic heterocycles. The Hall–Kier alpha value is -2.13. The standard InChI is InChI=1S/C14H17N3O5S/c18-13-3-1-7-17(13)8-2-6-15-23(20,21)10-4-5-11-12(9-10)22-14(19)16-11/h4-5,9,15H,1-3,6-8H2,(H,16,19). The Morgan fingerprint density at radius 3 is 2.87 bits per heavy atom. The minimum atomic E-state index is -3.68. The fourth-order valence-electron chi connectivity index (χ4n) is 2.59. The molecular formula is C14H17N3O5S. The Labute approximate surface area is 132 Å². The third-order valence-electron chi connectivity index (χ3n) is 3.77. The van der Waals surface area contributed by atoms with E-state index in [-0.39, 0.29) is 22.9 Å². The van der Waals surface area contributed by atoms with Crippen LogP contribution >= 0.6 is 0 Å². The molecule has 1 amide bonds. The maximum absolute atomic E-state index is 12.2. The van der Waals surface area contributed by atoms with E-state index in [9.17, 15) is 18.0 Å². The predicted molar refractivity (Wildman–Crippen MR) is 82.5 cm³/mol. The number of oxazole rings is 1. The fraction of sp³-hybridized carbons (Fsp3) is 0.429. The zero-order chi connectivity index (χ0) is 16.4. The molecule has 8 nitrogen and oxygen atoms in total. The number of nitrogens with one attached hydrogen (secondary N) is 2. The van der Waals surface area contributed by atoms with Crippen molar-refractivity contribution in [2.45, 2.75) is 24.2 Å². The molecule has 23 heavy (non-hydrogen) atoms. The summed E-state index contributed by atoms with van der Waals surface area (Å²) in [6, 6.07) is 4.19. The molecule has 1 saturated heterocycles. The van der Waals surface area contributed by atoms with Gasteiger partial charge in [0.25, 0.3) is 0 Å². The number of likely N-dealkylation sites (tertiary alicyclic amines) is 1. The van der Waals surface area contributed by atoms with Crippen LogP contribution in [0.3, 0.4) is 0 Å². The zero-order valence-corrected chi connectivity index (χ0v) is 13.2. The number of rotatable bonds is 6. The molecule has 0 unspecified atom stereocenters. The minimum Gasteiger partial charge on any atom is -0.408 e. The molecule has 1 fully saturated rings. The molecule has 2 aromatic rings. The summed E-state index contributed by atoms with van der Waals surface area (Å²) < 4.78 is 31.8. The van der Waals surface area contributed by atoms with Gasteiger partial charge in [-0.05, 0) is 25.0 Å². The van der Waals surface area contributed by atoms with Gasteiger partial charge in [-0.2, -0.15) is 0 Å². The van der Waals surface area contributed by atoms with E-state index in [1.165, 1.54) is 18.2 Å². The first-order valence-electron chi connectivity index (χ1n) is 7.36. The number of H-pyrrole nitrogens is 1. The number of hydrogen-bond acceptors (Lipinski definition) is 5. The molecular weight excluding hydrogens is 322 g/mol. The topological polar surface area (TPSA) is 112 Å². The SMILES string of the molecule is O=C1CCCN1CCCNS(=O)(=O)c1ccc2[nH]c(=O)oc2c1. The fourth-order valence-corrected chi connectivity index (χ4v) is 3.68. The van der Waals surface area contributed by atoms with Crippen LogP contribution in [0, 0.1) is 0 Å². The molecule has 2 heterocycles. The van der Waals surface area contributed by atoms with Gasteiger partial charge >= 0.3 is 5.76 Å². The molecule has 1 aromatic heterocycles. The number of aromatic nitrogens is 1. The lowest BCUT2D eigenvalue weighted by Gasteiger charge is -2.15. The highest BCUT2D eigenvalue weighted by molar-refractivity contribution is 7.89. The van der Waals surface area contributed by atoms with Gasteiger partial charge in [0, 0.05) is 32.1 Å². The number of hydrogen-bond donors (Lipinski definition) is 2. The molecule has 1 aromatic carbocycles. The largest absolute Gasteiger partial charge is 0.417 e. The van der Waals surface area contributed by atoms with Crippen molar-refractivity contribution in [2.75, 3.05) is 19.6 Å². The number of carbonyl (C=O) groups is 1. The number of fused-ring (bicyclic) bond motifs is 1. The van der Waals surface area contributed by atoms with E-state index >= 15 is 0 Å². The highest BCUT2D eigenvalue weighted by atomic mass is 32.2. The monoisotopic (exact) mass is 339 g/mol. The third-order valence-corrected chi connectivity index (χ3v) is 5.23. The van der Waals surface area contributed by atoms with E-state index in [1.54, 1.807) is 4.90 Å². The second-order valence-corrected chi connectivity index (χ2v) is 7.18. The summed E-state index contributed by atoms with van der Waals surface area (Å²) in [5.74, 6) is -0.501. The first kappa shape index (κ1) is 15.8. The van der Waals surface area contributed by atoms with Gasteiger partial charge in [0.2, 0.25) is 15.9 Å². The number of amides is 1. The molecule has 0 bridgehead atoms. The number of nitrogens with zero attached hydrogens (tertiary/aromatic N) is 1. The molecule has 0 aliphatic carbocycles. The van der Waals surface area contributed by atoms with Crippen molar-refractivity contribution in [1.82, 2.24) is 14.6 Å². The van der Waals surface area contributed by atoms with Crippen molar-refractivity contribution in [3.05, 3.63) is 28.7 Å². The molecule has 0 atom stereocenters. The second kappa shape index (κ2) is 6.17. The van der Waals surface area contributed by atoms with Crippen molar-refractivity contribution >= 4 is 27.0 Å². The van der Waals surface area contributed by atoms with Gasteiger partial charge in [0.05, 0.1) is 10.4 Å². The van der Waals surface area contributed by atoms with Crippen molar-refractivity contribution in [3.63, 3.8) is 0 Å². The van der Waals surface area contributed by atoms with Crippen LogP contribution in [0.4, 0.5) is 0 Å². The molecule has 0 spiro atoms. The minimum absolute atomic E-state index is 0.0324. The number of aromatic amines is 1. The molecule has 2 N–H and O–H groups in total. The maximum Gasteiger partial charge on any atom is 0.417 e. The smallest absolute Gasteiger partial charge is 0.408 e. The Kier molecular flexibility index (Phi) is 4.22. The highest BCUT2D eigenvalue weighted by Crippen LogP contribution is 2.16. The quantitative estimate of drug-likeness (QED) is 0.740. The van der Waals surface area contributed by atoms with Gasteiger partial charge in [-0.15, -0.1) is 0 Å². The first-order valence-corrected chi connectivity index (χ1v) is 8.84. The Morgan fingerprint density at radius 1 is 1.30 bits per heavy atom. The van der Waals surface area contributed by atoms with Crippen LogP contribution in [-0.2, 0) is 14.8 Å². The Morgan fingerprint density at radius 2 is 2.13 bits per heavy atom. The lowest BCUT2D eigenvalue weighted by Crippen LogP contribution is -2.30. The molecule has 1 aliphatic rings. The lowest BCUT2D eigenvalue weighted by molar-refractivity contribution is -0.127. The summed E-state index contributed by atoms with van der Waals surface area (Å²) >= 11 is 0. The van der Waals surface area contributed by atoms with Crippen molar-refractivity contribution in [3.8, 4) is 0 Å². The van der Waals surface area contributed by atoms with E-state index in [0.29, 0.717) is 24.9 Å². The molecule has 0 saturated carbocycles. The van der Waals surface area contributed by atoms with E-state index in [1.807, 2.05) is 0 Å². The van der Waals surface area contributed by atoms with Crippen molar-refractivity contribution in [2.24, 2.45) is 0 Å². The van der Waals surface area contributed by atoms with E-state index in [0.717, 1.165) is 13.0 Å². The number of sulfonamides is 1. The van der Waals surface area contributed by atoms with Gasteiger partial charge in [0.1, 0.15) is 0 Å². The van der Waals surface area contributed by atoms with Gasteiger partial charge < -0.3 is 9.32 Å². The third kappa shape index (κ3) is 3.45. The number of benzene rings is 1. The maximum atomic E-state index is 12.2. The average molecular weight is 339 g/mol. The van der Waals surface area contributed by atoms with E-state index in [4.69, 9.17) is 4.42 Å². The highest BCUT2D eigenvalue weighted by Gasteiger charge is 2.20. The van der Waals surface area contributed by atoms with Crippen LogP contribution in [0.15, 0.2) is 32.3 Å². The van der Waals surface area contributed by atoms with Crippen LogP contribution < -0.4 is 10.5 Å². The summed E-state index contributed by atoms with van der Waals surface area (Å²) in [7, 11) is -3.68. The normalized spacial score (nSPS) is 15.7. The Bertz CT molecular complexity index is 883. The lowest BCUT2D eigenvalue weighted by atomic mass is 10.3. The van der Waals surface area contributed by atoms with Gasteiger partial charge in [-0.1, -0.05) is 0 Å². The van der Waals surface area contributed by atoms with Crippen molar-refractivity contribution < 1.29 is 17.6 Å². The summed E-state index contributed by atoms with van der Waals surface area (Å²) in [5.41, 5.74) is 0.641. The summed E-state index contributed by atoms with van der Waals surface area (Å²) in [4.78, 5) is 26.8. The average Bonchev–Trinajstić information content (AvgIpc) is 3.07. The van der Waals surface area contributed by atoms with Gasteiger partial charge in [0.15, 0.2) is 5.58 Å². The summed E-state index contributed by atoms with van der Waals surface area (Å²) in [5, 5.41) is 0. The number of carbonyl (C=O) groups excluding carboxylic acids is 1. The van der Waals surface area contributed by atoms with Crippen LogP contribution in [0.5, 0.6) is 0 Å². The van der Waals surface area contributed by atoms with E-state index < -0.39 is 15.8 Å². The van der Waals surface area contributed by atoms with Crippen LogP contribution in [-0.4, -0.2) is 43.8 Å². The van der Waals surface area contributed by atoms with Crippen LogP contribution in [0.2, 0.25) is 0 Å².